The highest BCUT2D eigenvalue weighted by atomic mass is 32.2. The van der Waals surface area contributed by atoms with Gasteiger partial charge in [-0.1, -0.05) is 44.9 Å². The molecule has 5 nitrogen and oxygen atoms in total. The van der Waals surface area contributed by atoms with Crippen molar-refractivity contribution in [1.82, 2.24) is 19.7 Å². The molecule has 6 heteroatoms. The molecule has 1 atom stereocenters. The summed E-state index contributed by atoms with van der Waals surface area (Å²) in [6.45, 7) is 10.1. The van der Waals surface area contributed by atoms with Gasteiger partial charge in [0.1, 0.15) is 5.82 Å². The van der Waals surface area contributed by atoms with Crippen molar-refractivity contribution in [2.45, 2.75) is 95.4 Å². The first-order valence-electron chi connectivity index (χ1n) is 12.1. The van der Waals surface area contributed by atoms with E-state index in [1.807, 2.05) is 11.8 Å². The average Bonchev–Trinajstić information content (AvgIpc) is 3.38. The molecule has 1 aromatic rings. The van der Waals surface area contributed by atoms with Crippen LogP contribution in [0.15, 0.2) is 5.16 Å². The first-order valence-corrected chi connectivity index (χ1v) is 13.1. The Bertz CT molecular complexity index is 614. The number of piperidine rings is 1. The van der Waals surface area contributed by atoms with E-state index >= 15 is 0 Å². The van der Waals surface area contributed by atoms with Gasteiger partial charge in [-0.15, -0.1) is 10.2 Å². The highest BCUT2D eigenvalue weighted by molar-refractivity contribution is 7.99. The maximum atomic E-state index is 5.98. The highest BCUT2D eigenvalue weighted by Crippen LogP contribution is 2.33. The SMILES string of the molecule is CC(C)CN1CCC(c2nnc(SCC3CCCCC3)n2C[C@@H]2CCCO2)CC1. The summed E-state index contributed by atoms with van der Waals surface area (Å²) in [4.78, 5) is 2.63. The highest BCUT2D eigenvalue weighted by Gasteiger charge is 2.29. The number of rotatable bonds is 8. The number of likely N-dealkylation sites (tertiary alicyclic amines) is 1. The second-order valence-corrected chi connectivity index (χ2v) is 10.9. The van der Waals surface area contributed by atoms with Gasteiger partial charge in [-0.2, -0.15) is 0 Å². The van der Waals surface area contributed by atoms with Gasteiger partial charge in [-0.25, -0.2) is 0 Å². The molecule has 2 saturated heterocycles. The van der Waals surface area contributed by atoms with Gasteiger partial charge >= 0.3 is 0 Å². The van der Waals surface area contributed by atoms with Gasteiger partial charge in [0.05, 0.1) is 12.6 Å². The van der Waals surface area contributed by atoms with Crippen LogP contribution in [-0.4, -0.2) is 57.8 Å². The zero-order valence-electron chi connectivity index (χ0n) is 18.5. The minimum absolute atomic E-state index is 0.347. The first kappa shape index (κ1) is 21.6. The van der Waals surface area contributed by atoms with Crippen LogP contribution in [0.25, 0.3) is 0 Å². The molecule has 0 amide bonds. The van der Waals surface area contributed by atoms with E-state index in [0.29, 0.717) is 12.0 Å². The molecule has 1 saturated carbocycles. The molecule has 0 spiro atoms. The molecule has 2 aliphatic heterocycles. The molecule has 29 heavy (non-hydrogen) atoms. The lowest BCUT2D eigenvalue weighted by Crippen LogP contribution is -2.36. The van der Waals surface area contributed by atoms with Crippen molar-refractivity contribution >= 4 is 11.8 Å². The molecular formula is C23H40N4OS. The zero-order valence-corrected chi connectivity index (χ0v) is 19.3. The van der Waals surface area contributed by atoms with E-state index < -0.39 is 0 Å². The number of nitrogens with zero attached hydrogens (tertiary/aromatic N) is 4. The van der Waals surface area contributed by atoms with E-state index in [4.69, 9.17) is 14.9 Å². The molecule has 3 fully saturated rings. The molecule has 3 aliphatic rings. The van der Waals surface area contributed by atoms with Gasteiger partial charge in [-0.05, 0) is 63.5 Å². The van der Waals surface area contributed by atoms with Crippen LogP contribution < -0.4 is 0 Å². The monoisotopic (exact) mass is 420 g/mol. The third kappa shape index (κ3) is 5.98. The summed E-state index contributed by atoms with van der Waals surface area (Å²) >= 11 is 1.95. The van der Waals surface area contributed by atoms with Crippen molar-refractivity contribution in [3.63, 3.8) is 0 Å². The standard InChI is InChI=1S/C23H40N4OS/c1-18(2)15-26-12-10-20(11-13-26)22-24-25-23(27(22)16-21-9-6-14-28-21)29-17-19-7-4-3-5-8-19/h18-21H,3-17H2,1-2H3/t21-/m0/s1. The maximum Gasteiger partial charge on any atom is 0.191 e. The number of hydrogen-bond donors (Lipinski definition) is 0. The van der Waals surface area contributed by atoms with E-state index in [9.17, 15) is 0 Å². The average molecular weight is 421 g/mol. The number of aromatic nitrogens is 3. The summed E-state index contributed by atoms with van der Waals surface area (Å²) in [5, 5.41) is 10.6. The Kier molecular flexibility index (Phi) is 7.93. The van der Waals surface area contributed by atoms with Crippen LogP contribution in [0.5, 0.6) is 0 Å². The van der Waals surface area contributed by atoms with Gasteiger partial charge in [0.2, 0.25) is 0 Å². The van der Waals surface area contributed by atoms with Gasteiger partial charge in [0, 0.05) is 24.8 Å². The van der Waals surface area contributed by atoms with Crippen molar-refractivity contribution in [1.29, 1.82) is 0 Å². The Morgan fingerprint density at radius 3 is 2.48 bits per heavy atom. The molecular weight excluding hydrogens is 380 g/mol. The third-order valence-electron chi connectivity index (χ3n) is 6.90. The van der Waals surface area contributed by atoms with E-state index in [1.54, 1.807) is 0 Å². The van der Waals surface area contributed by atoms with Crippen molar-refractivity contribution in [2.24, 2.45) is 11.8 Å². The third-order valence-corrected chi connectivity index (χ3v) is 8.10. The summed E-state index contributed by atoms with van der Waals surface area (Å²) in [5.74, 6) is 4.60. The summed E-state index contributed by atoms with van der Waals surface area (Å²) in [7, 11) is 0. The van der Waals surface area contributed by atoms with E-state index in [2.05, 4.69) is 23.3 Å². The Morgan fingerprint density at radius 2 is 1.79 bits per heavy atom. The largest absolute Gasteiger partial charge is 0.376 e. The van der Waals surface area contributed by atoms with Gasteiger partial charge < -0.3 is 14.2 Å². The Morgan fingerprint density at radius 1 is 1.00 bits per heavy atom. The van der Waals surface area contributed by atoms with Crippen LogP contribution in [0.1, 0.15) is 83.4 Å². The molecule has 1 aromatic heterocycles. The molecule has 4 rings (SSSR count). The Hall–Kier alpha value is -0.590. The molecule has 0 unspecified atom stereocenters. The van der Waals surface area contributed by atoms with Crippen molar-refractivity contribution < 1.29 is 4.74 Å². The number of ether oxygens (including phenoxy) is 1. The predicted octanol–water partition coefficient (Wildman–Crippen LogP) is 4.96. The summed E-state index contributed by atoms with van der Waals surface area (Å²) < 4.78 is 8.44. The number of hydrogen-bond acceptors (Lipinski definition) is 5. The minimum atomic E-state index is 0.347. The van der Waals surface area contributed by atoms with Crippen molar-refractivity contribution in [2.75, 3.05) is 32.0 Å². The Balaban J connectivity index is 1.42. The fourth-order valence-electron chi connectivity index (χ4n) is 5.31. The van der Waals surface area contributed by atoms with Gasteiger partial charge in [-0.3, -0.25) is 0 Å². The minimum Gasteiger partial charge on any atom is -0.376 e. The fraction of sp³-hybridized carbons (Fsp3) is 0.913. The van der Waals surface area contributed by atoms with Crippen molar-refractivity contribution in [3.05, 3.63) is 5.82 Å². The molecule has 1 aliphatic carbocycles. The topological polar surface area (TPSA) is 43.2 Å². The maximum absolute atomic E-state index is 5.98. The van der Waals surface area contributed by atoms with Crippen LogP contribution >= 0.6 is 11.8 Å². The summed E-state index contributed by atoms with van der Waals surface area (Å²) in [6.07, 6.45) is 12.2. The smallest absolute Gasteiger partial charge is 0.191 e. The lowest BCUT2D eigenvalue weighted by molar-refractivity contribution is 0.0931. The quantitative estimate of drug-likeness (QED) is 0.556. The van der Waals surface area contributed by atoms with E-state index in [-0.39, 0.29) is 0 Å². The fourth-order valence-corrected chi connectivity index (χ4v) is 6.45. The molecule has 3 heterocycles. The van der Waals surface area contributed by atoms with Crippen molar-refractivity contribution in [3.8, 4) is 0 Å². The lowest BCUT2D eigenvalue weighted by Gasteiger charge is -2.32. The van der Waals surface area contributed by atoms with Crippen LogP contribution in [0.3, 0.4) is 0 Å². The molecule has 0 radical (unpaired) electrons. The summed E-state index contributed by atoms with van der Waals surface area (Å²) in [5.41, 5.74) is 0. The van der Waals surface area contributed by atoms with Crippen LogP contribution in [0, 0.1) is 11.8 Å². The molecule has 0 N–H and O–H groups in total. The van der Waals surface area contributed by atoms with Gasteiger partial charge in [0.25, 0.3) is 0 Å². The number of thioether (sulfide) groups is 1. The molecule has 0 bridgehead atoms. The van der Waals surface area contributed by atoms with Gasteiger partial charge in [0.15, 0.2) is 5.16 Å². The van der Waals surface area contributed by atoms with Crippen LogP contribution in [0.4, 0.5) is 0 Å². The lowest BCUT2D eigenvalue weighted by atomic mass is 9.91. The normalized spacial score (nSPS) is 25.3. The Labute approximate surface area is 181 Å². The first-order chi connectivity index (χ1) is 14.2. The predicted molar refractivity (Wildman–Crippen MR) is 120 cm³/mol. The zero-order chi connectivity index (χ0) is 20.1. The summed E-state index contributed by atoms with van der Waals surface area (Å²) in [6, 6.07) is 0. The van der Waals surface area contributed by atoms with Crippen LogP contribution in [0.2, 0.25) is 0 Å². The van der Waals surface area contributed by atoms with Crippen LogP contribution in [-0.2, 0) is 11.3 Å². The molecule has 0 aromatic carbocycles. The van der Waals surface area contributed by atoms with E-state index in [1.165, 1.54) is 89.0 Å². The molecule has 164 valence electrons. The second kappa shape index (κ2) is 10.6. The van der Waals surface area contributed by atoms with E-state index in [0.717, 1.165) is 30.1 Å². The second-order valence-electron chi connectivity index (χ2n) is 9.87.